The third-order valence-electron chi connectivity index (χ3n) is 4.70. The first-order valence-electron chi connectivity index (χ1n) is 7.31. The van der Waals surface area contributed by atoms with Crippen molar-refractivity contribution in [2.45, 2.75) is 51.4 Å². The molecule has 2 saturated carbocycles. The van der Waals surface area contributed by atoms with Gasteiger partial charge >= 0.3 is 6.03 Å². The molecular weight excluding hydrogens is 244 g/mol. The molecule has 0 aromatic carbocycles. The summed E-state index contributed by atoms with van der Waals surface area (Å²) in [6, 6.07) is -0.525. The maximum absolute atomic E-state index is 12.5. The van der Waals surface area contributed by atoms with Crippen LogP contribution in [0.2, 0.25) is 0 Å². The number of carbonyl (C=O) groups is 3. The van der Waals surface area contributed by atoms with Crippen molar-refractivity contribution in [1.29, 1.82) is 0 Å². The Balaban J connectivity index is 1.69. The maximum atomic E-state index is 12.5. The zero-order valence-electron chi connectivity index (χ0n) is 11.1. The highest BCUT2D eigenvalue weighted by Crippen LogP contribution is 2.42. The largest absolute Gasteiger partial charge is 0.330 e. The van der Waals surface area contributed by atoms with E-state index in [9.17, 15) is 14.4 Å². The Kier molecular flexibility index (Phi) is 3.07. The molecule has 0 aromatic rings. The van der Waals surface area contributed by atoms with Crippen LogP contribution in [0, 0.1) is 11.3 Å². The van der Waals surface area contributed by atoms with Crippen LogP contribution in [0.1, 0.15) is 51.4 Å². The minimum atomic E-state index is -0.937. The fourth-order valence-corrected chi connectivity index (χ4v) is 3.30. The van der Waals surface area contributed by atoms with Gasteiger partial charge in [-0.05, 0) is 31.6 Å². The van der Waals surface area contributed by atoms with Crippen molar-refractivity contribution in [2.24, 2.45) is 11.3 Å². The standard InChI is InChI=1S/C14H20N2O3/c17-11-14(7-1-2-8-14)12(18)16(13(19)15-11)9-3-4-10-5-6-10/h10H,1-9H2,(H,15,17,19). The Hall–Kier alpha value is -1.39. The Morgan fingerprint density at radius 1 is 1.16 bits per heavy atom. The summed E-state index contributed by atoms with van der Waals surface area (Å²) in [4.78, 5) is 37.6. The molecule has 1 saturated heterocycles. The minimum Gasteiger partial charge on any atom is -0.277 e. The van der Waals surface area contributed by atoms with Gasteiger partial charge in [0.1, 0.15) is 5.41 Å². The SMILES string of the molecule is O=C1NC(=O)C2(CCCC2)C(=O)N1CCCC1CC1. The molecule has 1 aliphatic heterocycles. The Bertz CT molecular complexity index is 422. The molecule has 1 N–H and O–H groups in total. The van der Waals surface area contributed by atoms with Crippen LogP contribution >= 0.6 is 0 Å². The second kappa shape index (κ2) is 4.62. The number of hydrogen-bond acceptors (Lipinski definition) is 3. The molecule has 5 nitrogen and oxygen atoms in total. The predicted octanol–water partition coefficient (Wildman–Crippen LogP) is 1.82. The van der Waals surface area contributed by atoms with E-state index in [0.717, 1.165) is 31.6 Å². The van der Waals surface area contributed by atoms with Crippen molar-refractivity contribution in [3.8, 4) is 0 Å². The third-order valence-corrected chi connectivity index (χ3v) is 4.70. The highest BCUT2D eigenvalue weighted by atomic mass is 16.2. The van der Waals surface area contributed by atoms with E-state index in [2.05, 4.69) is 5.32 Å². The Morgan fingerprint density at radius 2 is 1.84 bits per heavy atom. The molecule has 1 heterocycles. The van der Waals surface area contributed by atoms with Gasteiger partial charge in [-0.1, -0.05) is 25.7 Å². The molecule has 5 heteroatoms. The molecule has 4 amide bonds. The maximum Gasteiger partial charge on any atom is 0.330 e. The highest BCUT2D eigenvalue weighted by molar-refractivity contribution is 6.19. The van der Waals surface area contributed by atoms with Gasteiger partial charge in [0.15, 0.2) is 0 Å². The van der Waals surface area contributed by atoms with Crippen LogP contribution in [0.5, 0.6) is 0 Å². The van der Waals surface area contributed by atoms with Crippen molar-refractivity contribution in [3.05, 3.63) is 0 Å². The molecule has 2 aliphatic carbocycles. The summed E-state index contributed by atoms with van der Waals surface area (Å²) in [7, 11) is 0. The summed E-state index contributed by atoms with van der Waals surface area (Å²) in [5, 5.41) is 2.37. The summed E-state index contributed by atoms with van der Waals surface area (Å²) in [5.41, 5.74) is -0.937. The lowest BCUT2D eigenvalue weighted by atomic mass is 9.82. The van der Waals surface area contributed by atoms with Gasteiger partial charge in [0.25, 0.3) is 0 Å². The first kappa shape index (κ1) is 12.6. The van der Waals surface area contributed by atoms with Crippen molar-refractivity contribution >= 4 is 17.8 Å². The van der Waals surface area contributed by atoms with Crippen molar-refractivity contribution in [2.75, 3.05) is 6.54 Å². The summed E-state index contributed by atoms with van der Waals surface area (Å²) < 4.78 is 0. The lowest BCUT2D eigenvalue weighted by Crippen LogP contribution is -2.63. The van der Waals surface area contributed by atoms with Crippen molar-refractivity contribution < 1.29 is 14.4 Å². The molecule has 0 bridgehead atoms. The lowest BCUT2D eigenvalue weighted by Gasteiger charge is -2.36. The van der Waals surface area contributed by atoms with Gasteiger partial charge in [0.2, 0.25) is 11.8 Å². The second-order valence-electron chi connectivity index (χ2n) is 6.09. The smallest absolute Gasteiger partial charge is 0.277 e. The molecule has 3 rings (SSSR count). The number of imide groups is 2. The van der Waals surface area contributed by atoms with Gasteiger partial charge in [0, 0.05) is 6.54 Å². The van der Waals surface area contributed by atoms with Crippen LogP contribution in [0.25, 0.3) is 0 Å². The zero-order chi connectivity index (χ0) is 13.5. The Morgan fingerprint density at radius 3 is 2.47 bits per heavy atom. The van der Waals surface area contributed by atoms with Crippen molar-refractivity contribution in [3.63, 3.8) is 0 Å². The topological polar surface area (TPSA) is 66.5 Å². The van der Waals surface area contributed by atoms with Crippen LogP contribution in [-0.4, -0.2) is 29.3 Å². The molecule has 0 atom stereocenters. The average Bonchev–Trinajstić information content (AvgIpc) is 3.06. The monoisotopic (exact) mass is 264 g/mol. The normalized spacial score (nSPS) is 26.1. The van der Waals surface area contributed by atoms with Gasteiger partial charge < -0.3 is 0 Å². The van der Waals surface area contributed by atoms with E-state index in [1.807, 2.05) is 0 Å². The van der Waals surface area contributed by atoms with Gasteiger partial charge in [-0.25, -0.2) is 4.79 Å². The van der Waals surface area contributed by atoms with Gasteiger partial charge in [-0.2, -0.15) is 0 Å². The van der Waals surface area contributed by atoms with E-state index in [1.54, 1.807) is 0 Å². The number of nitrogens with one attached hydrogen (secondary N) is 1. The van der Waals surface area contributed by atoms with Crippen molar-refractivity contribution in [1.82, 2.24) is 10.2 Å². The number of rotatable bonds is 4. The first-order chi connectivity index (χ1) is 9.13. The average molecular weight is 264 g/mol. The fourth-order valence-electron chi connectivity index (χ4n) is 3.30. The molecule has 1 spiro atoms. The van der Waals surface area contributed by atoms with Crippen LogP contribution < -0.4 is 5.32 Å². The molecule has 104 valence electrons. The van der Waals surface area contributed by atoms with Crippen LogP contribution in [0.4, 0.5) is 4.79 Å². The van der Waals surface area contributed by atoms with Crippen LogP contribution in [0.3, 0.4) is 0 Å². The lowest BCUT2D eigenvalue weighted by molar-refractivity contribution is -0.151. The predicted molar refractivity (Wildman–Crippen MR) is 68.1 cm³/mol. The van der Waals surface area contributed by atoms with Gasteiger partial charge in [0.05, 0.1) is 0 Å². The van der Waals surface area contributed by atoms with Crippen LogP contribution in [0.15, 0.2) is 0 Å². The third kappa shape index (κ3) is 2.15. The van der Waals surface area contributed by atoms with Gasteiger partial charge in [-0.3, -0.25) is 19.8 Å². The second-order valence-corrected chi connectivity index (χ2v) is 6.09. The molecule has 3 fully saturated rings. The summed E-state index contributed by atoms with van der Waals surface area (Å²) in [6.45, 7) is 0.455. The molecule has 0 aromatic heterocycles. The molecule has 19 heavy (non-hydrogen) atoms. The minimum absolute atomic E-state index is 0.255. The first-order valence-corrected chi connectivity index (χ1v) is 7.31. The summed E-state index contributed by atoms with van der Waals surface area (Å²) >= 11 is 0. The number of barbiturate groups is 1. The number of carbonyl (C=O) groups excluding carboxylic acids is 3. The molecule has 0 unspecified atom stereocenters. The van der Waals surface area contributed by atoms with E-state index < -0.39 is 11.4 Å². The van der Waals surface area contributed by atoms with Gasteiger partial charge in [-0.15, -0.1) is 0 Å². The Labute approximate surface area is 112 Å². The zero-order valence-corrected chi connectivity index (χ0v) is 11.1. The number of urea groups is 1. The van der Waals surface area contributed by atoms with E-state index in [0.29, 0.717) is 19.4 Å². The fraction of sp³-hybridized carbons (Fsp3) is 0.786. The van der Waals surface area contributed by atoms with E-state index in [-0.39, 0.29) is 11.8 Å². The molecule has 0 radical (unpaired) electrons. The molecule has 3 aliphatic rings. The highest BCUT2D eigenvalue weighted by Gasteiger charge is 2.54. The quantitative estimate of drug-likeness (QED) is 0.787. The summed E-state index contributed by atoms with van der Waals surface area (Å²) in [6.07, 6.45) is 7.46. The number of hydrogen-bond donors (Lipinski definition) is 1. The number of nitrogens with zero attached hydrogens (tertiary/aromatic N) is 1. The van der Waals surface area contributed by atoms with E-state index in [1.165, 1.54) is 17.7 Å². The number of amides is 4. The van der Waals surface area contributed by atoms with E-state index >= 15 is 0 Å². The van der Waals surface area contributed by atoms with Crippen LogP contribution in [-0.2, 0) is 9.59 Å². The van der Waals surface area contributed by atoms with E-state index in [4.69, 9.17) is 0 Å². The molecular formula is C14H20N2O3. The summed E-state index contributed by atoms with van der Waals surface area (Å²) in [5.74, 6) is 0.165.